The van der Waals surface area contributed by atoms with Crippen LogP contribution in [0.25, 0.3) is 0 Å². The van der Waals surface area contributed by atoms with Gasteiger partial charge in [-0.25, -0.2) is 0 Å². The third-order valence-corrected chi connectivity index (χ3v) is 3.02. The van der Waals surface area contributed by atoms with Gasteiger partial charge < -0.3 is 0 Å². The Kier molecular flexibility index (Phi) is 2.76. The zero-order valence-corrected chi connectivity index (χ0v) is 11.0. The molecule has 1 rings (SSSR count). The van der Waals surface area contributed by atoms with Crippen LogP contribution in [0.15, 0.2) is 10.2 Å². The van der Waals surface area contributed by atoms with Crippen LogP contribution in [0, 0.1) is 10.8 Å². The van der Waals surface area contributed by atoms with Gasteiger partial charge in [0.1, 0.15) is 10.8 Å². The van der Waals surface area contributed by atoms with E-state index in [2.05, 4.69) is 10.2 Å². The molecule has 0 bridgehead atoms. The number of ketones is 1. The highest BCUT2D eigenvalue weighted by Crippen LogP contribution is 2.52. The van der Waals surface area contributed by atoms with E-state index in [9.17, 15) is 4.79 Å². The normalized spacial score (nSPS) is 25.7. The van der Waals surface area contributed by atoms with Gasteiger partial charge in [-0.05, 0) is 13.8 Å². The number of hydrogen-bond acceptors (Lipinski definition) is 3. The number of alkyl halides is 1. The van der Waals surface area contributed by atoms with Crippen molar-refractivity contribution < 1.29 is 4.79 Å². The number of Topliss-reactive ketones (excluding diaryl/α,β-unsaturated/α-hetero) is 1. The Hall–Kier alpha value is -0.440. The molecule has 1 fully saturated rings. The summed E-state index contributed by atoms with van der Waals surface area (Å²) in [6, 6.07) is -0.0736. The fourth-order valence-electron chi connectivity index (χ4n) is 2.39. The van der Waals surface area contributed by atoms with E-state index in [1.54, 1.807) is 13.8 Å². The van der Waals surface area contributed by atoms with Crippen LogP contribution in [0.2, 0.25) is 0 Å². The first-order valence-electron chi connectivity index (χ1n) is 5.15. The van der Waals surface area contributed by atoms with Crippen molar-refractivity contribution in [3.05, 3.63) is 0 Å². The lowest BCUT2D eigenvalue weighted by Crippen LogP contribution is -2.63. The third kappa shape index (κ3) is 2.07. The maximum Gasteiger partial charge on any atom is 0.149 e. The zero-order chi connectivity index (χ0) is 12.1. The van der Waals surface area contributed by atoms with Gasteiger partial charge in [0.25, 0.3) is 0 Å². The number of carbonyl (C=O) groups excluding carboxylic acids is 1. The number of hydrogen-bond donors (Lipinski definition) is 0. The number of carbonyl (C=O) groups is 1. The highest BCUT2D eigenvalue weighted by atomic mass is 35.5. The molecule has 3 nitrogen and oxygen atoms in total. The summed E-state index contributed by atoms with van der Waals surface area (Å²) in [5.41, 5.74) is -0.815. The molecule has 0 spiro atoms. The van der Waals surface area contributed by atoms with E-state index in [1.807, 2.05) is 27.7 Å². The van der Waals surface area contributed by atoms with Crippen LogP contribution in [0.4, 0.5) is 0 Å². The van der Waals surface area contributed by atoms with E-state index in [-0.39, 0.29) is 11.8 Å². The highest BCUT2D eigenvalue weighted by molar-refractivity contribution is 6.23. The lowest BCUT2D eigenvalue weighted by atomic mass is 9.51. The van der Waals surface area contributed by atoms with E-state index in [1.165, 1.54) is 0 Å². The molecule has 15 heavy (non-hydrogen) atoms. The summed E-state index contributed by atoms with van der Waals surface area (Å²) in [5, 5.41) is 8.27. The number of rotatable bonds is 2. The summed E-state index contributed by atoms with van der Waals surface area (Å²) in [7, 11) is 0. The SMILES string of the molecule is CC(C)(Cl)N=NC1C(C)(C)C(=O)C1(C)C. The van der Waals surface area contributed by atoms with Crippen molar-refractivity contribution in [2.45, 2.75) is 52.6 Å². The Labute approximate surface area is 96.3 Å². The second-order valence-corrected chi connectivity index (χ2v) is 6.73. The van der Waals surface area contributed by atoms with Crippen LogP contribution in [0.3, 0.4) is 0 Å². The first-order chi connectivity index (χ1) is 6.49. The van der Waals surface area contributed by atoms with Crippen LogP contribution >= 0.6 is 11.6 Å². The van der Waals surface area contributed by atoms with Crippen molar-refractivity contribution in [3.8, 4) is 0 Å². The van der Waals surface area contributed by atoms with Crippen molar-refractivity contribution in [1.82, 2.24) is 0 Å². The van der Waals surface area contributed by atoms with Gasteiger partial charge in [-0.3, -0.25) is 4.79 Å². The summed E-state index contributed by atoms with van der Waals surface area (Å²) in [6.45, 7) is 11.2. The fourth-order valence-corrected chi connectivity index (χ4v) is 2.43. The van der Waals surface area contributed by atoms with Crippen molar-refractivity contribution in [2.75, 3.05) is 0 Å². The molecule has 4 heteroatoms. The fraction of sp³-hybridized carbons (Fsp3) is 0.909. The van der Waals surface area contributed by atoms with Crippen LogP contribution < -0.4 is 0 Å². The standard InChI is InChI=1S/C11H19ClN2O/c1-9(2)7(10(3,4)8(9)15)13-14-11(5,6)12/h7H,1-6H3. The predicted octanol–water partition coefficient (Wildman–Crippen LogP) is 3.42. The van der Waals surface area contributed by atoms with Gasteiger partial charge in [0.15, 0.2) is 0 Å². The van der Waals surface area contributed by atoms with Crippen LogP contribution in [-0.4, -0.2) is 16.8 Å². The maximum atomic E-state index is 11.8. The van der Waals surface area contributed by atoms with E-state index >= 15 is 0 Å². The molecule has 0 heterocycles. The second-order valence-electron chi connectivity index (χ2n) is 5.80. The average Bonchev–Trinajstić information content (AvgIpc) is 1.99. The van der Waals surface area contributed by atoms with Crippen LogP contribution in [0.5, 0.6) is 0 Å². The minimum atomic E-state index is -0.690. The summed E-state index contributed by atoms with van der Waals surface area (Å²) < 4.78 is 0. The van der Waals surface area contributed by atoms with Gasteiger partial charge in [0.05, 0.1) is 6.04 Å². The predicted molar refractivity (Wildman–Crippen MR) is 61.1 cm³/mol. The Bertz CT molecular complexity index is 295. The van der Waals surface area contributed by atoms with Gasteiger partial charge in [-0.15, -0.1) is 0 Å². The number of nitrogens with zero attached hydrogens (tertiary/aromatic N) is 2. The van der Waals surface area contributed by atoms with Gasteiger partial charge in [0, 0.05) is 10.8 Å². The topological polar surface area (TPSA) is 41.8 Å². The average molecular weight is 231 g/mol. The lowest BCUT2D eigenvalue weighted by Gasteiger charge is -2.52. The molecule has 1 saturated carbocycles. The monoisotopic (exact) mass is 230 g/mol. The third-order valence-electron chi connectivity index (χ3n) is 2.95. The second kappa shape index (κ2) is 3.27. The van der Waals surface area contributed by atoms with E-state index in [4.69, 9.17) is 11.6 Å². The lowest BCUT2D eigenvalue weighted by molar-refractivity contribution is -0.156. The van der Waals surface area contributed by atoms with Gasteiger partial charge >= 0.3 is 0 Å². The van der Waals surface area contributed by atoms with Crippen molar-refractivity contribution in [3.63, 3.8) is 0 Å². The van der Waals surface area contributed by atoms with E-state index in [0.29, 0.717) is 0 Å². The van der Waals surface area contributed by atoms with E-state index < -0.39 is 15.8 Å². The maximum absolute atomic E-state index is 11.8. The van der Waals surface area contributed by atoms with Crippen molar-refractivity contribution in [2.24, 2.45) is 21.1 Å². The molecule has 0 radical (unpaired) electrons. The largest absolute Gasteiger partial charge is 0.298 e. The molecule has 1 aliphatic rings. The van der Waals surface area contributed by atoms with Gasteiger partial charge in [-0.2, -0.15) is 10.2 Å². The highest BCUT2D eigenvalue weighted by Gasteiger charge is 2.62. The minimum absolute atomic E-state index is 0.0736. The quantitative estimate of drug-likeness (QED) is 0.407. The Morgan fingerprint density at radius 1 is 1.20 bits per heavy atom. The van der Waals surface area contributed by atoms with Crippen LogP contribution in [0.1, 0.15) is 41.5 Å². The Morgan fingerprint density at radius 3 is 1.93 bits per heavy atom. The minimum Gasteiger partial charge on any atom is -0.298 e. The zero-order valence-electron chi connectivity index (χ0n) is 10.3. The van der Waals surface area contributed by atoms with Gasteiger partial charge in [-0.1, -0.05) is 39.3 Å². The molecule has 0 amide bonds. The van der Waals surface area contributed by atoms with Crippen molar-refractivity contribution >= 4 is 17.4 Å². The molecule has 0 atom stereocenters. The van der Waals surface area contributed by atoms with Crippen molar-refractivity contribution in [1.29, 1.82) is 0 Å². The molecule has 86 valence electrons. The first kappa shape index (κ1) is 12.6. The molecule has 0 unspecified atom stereocenters. The van der Waals surface area contributed by atoms with Crippen LogP contribution in [-0.2, 0) is 4.79 Å². The molecule has 0 saturated heterocycles. The first-order valence-corrected chi connectivity index (χ1v) is 5.53. The van der Waals surface area contributed by atoms with E-state index in [0.717, 1.165) is 0 Å². The molecule has 0 aromatic rings. The summed E-state index contributed by atoms with van der Waals surface area (Å²) in [5.74, 6) is 0.242. The molecule has 1 aliphatic carbocycles. The molecular weight excluding hydrogens is 212 g/mol. The molecule has 0 aromatic heterocycles. The molecule has 0 N–H and O–H groups in total. The molecular formula is C11H19ClN2O. The summed E-state index contributed by atoms with van der Waals surface area (Å²) in [6.07, 6.45) is 0. The smallest absolute Gasteiger partial charge is 0.149 e. The molecule has 0 aromatic carbocycles. The summed E-state index contributed by atoms with van der Waals surface area (Å²) >= 11 is 5.94. The number of azo groups is 1. The Balaban J connectivity index is 2.88. The Morgan fingerprint density at radius 2 is 1.60 bits per heavy atom. The summed E-state index contributed by atoms with van der Waals surface area (Å²) in [4.78, 5) is 11.1. The van der Waals surface area contributed by atoms with Gasteiger partial charge in [0.2, 0.25) is 0 Å². The number of halogens is 1. The molecule has 0 aliphatic heterocycles.